The summed E-state index contributed by atoms with van der Waals surface area (Å²) in [6, 6.07) is 14.5. The van der Waals surface area contributed by atoms with Crippen molar-refractivity contribution < 1.29 is 14.2 Å². The summed E-state index contributed by atoms with van der Waals surface area (Å²) in [4.78, 5) is 6.76. The van der Waals surface area contributed by atoms with E-state index >= 15 is 0 Å². The highest BCUT2D eigenvalue weighted by molar-refractivity contribution is 5.80. The Hall–Kier alpha value is -3.09. The molecule has 2 aromatic rings. The predicted molar refractivity (Wildman–Crippen MR) is 119 cm³/mol. The lowest BCUT2D eigenvalue weighted by Crippen LogP contribution is -2.44. The van der Waals surface area contributed by atoms with Gasteiger partial charge in [0.05, 0.1) is 26.0 Å². The van der Waals surface area contributed by atoms with Crippen molar-refractivity contribution in [2.45, 2.75) is 25.4 Å². The van der Waals surface area contributed by atoms with Crippen LogP contribution < -0.4 is 29.7 Å². The summed E-state index contributed by atoms with van der Waals surface area (Å²) in [6.07, 6.45) is 1.94. The second-order valence-corrected chi connectivity index (χ2v) is 7.47. The molecule has 1 fully saturated rings. The number of anilines is 1. The van der Waals surface area contributed by atoms with Crippen LogP contribution in [-0.2, 0) is 6.54 Å². The van der Waals surface area contributed by atoms with Gasteiger partial charge < -0.3 is 29.7 Å². The maximum absolute atomic E-state index is 5.92. The minimum Gasteiger partial charge on any atom is -0.495 e. The Kier molecular flexibility index (Phi) is 6.47. The van der Waals surface area contributed by atoms with Crippen LogP contribution in [0.5, 0.6) is 17.2 Å². The van der Waals surface area contributed by atoms with E-state index in [0.29, 0.717) is 25.8 Å². The van der Waals surface area contributed by atoms with E-state index in [2.05, 4.69) is 32.7 Å². The van der Waals surface area contributed by atoms with Gasteiger partial charge in [0.2, 0.25) is 0 Å². The van der Waals surface area contributed by atoms with Gasteiger partial charge in [0.25, 0.3) is 0 Å². The van der Waals surface area contributed by atoms with Crippen molar-refractivity contribution in [1.29, 1.82) is 0 Å². The molecule has 7 nitrogen and oxygen atoms in total. The Bertz CT molecular complexity index is 887. The molecule has 2 aliphatic rings. The van der Waals surface area contributed by atoms with Gasteiger partial charge in [-0.25, -0.2) is 0 Å². The van der Waals surface area contributed by atoms with Gasteiger partial charge in [-0.05, 0) is 24.6 Å². The summed E-state index contributed by atoms with van der Waals surface area (Å²) in [7, 11) is 3.52. The second-order valence-electron chi connectivity index (χ2n) is 7.47. The molecule has 0 aromatic heterocycles. The van der Waals surface area contributed by atoms with Crippen LogP contribution in [0.15, 0.2) is 47.5 Å². The third kappa shape index (κ3) is 4.56. The first-order valence-corrected chi connectivity index (χ1v) is 10.5. The lowest BCUT2D eigenvalue weighted by molar-refractivity contribution is 0.296. The fraction of sp³-hybridized carbons (Fsp3) is 0.435. The van der Waals surface area contributed by atoms with E-state index in [9.17, 15) is 0 Å². The zero-order chi connectivity index (χ0) is 20.8. The van der Waals surface area contributed by atoms with Crippen LogP contribution in [0.4, 0.5) is 5.69 Å². The molecule has 1 unspecified atom stereocenters. The van der Waals surface area contributed by atoms with E-state index in [1.165, 1.54) is 0 Å². The number of rotatable bonds is 5. The molecule has 160 valence electrons. The van der Waals surface area contributed by atoms with Crippen LogP contribution >= 0.6 is 0 Å². The monoisotopic (exact) mass is 410 g/mol. The molecule has 0 saturated carbocycles. The number of hydrogen-bond donors (Lipinski definition) is 2. The number of nitrogens with one attached hydrogen (secondary N) is 2. The number of aliphatic imine (C=N–C) groups is 1. The average Bonchev–Trinajstić information content (AvgIpc) is 3.11. The molecule has 2 aromatic carbocycles. The van der Waals surface area contributed by atoms with Crippen molar-refractivity contribution in [2.24, 2.45) is 4.99 Å². The first-order valence-electron chi connectivity index (χ1n) is 10.5. The fourth-order valence-corrected chi connectivity index (χ4v) is 3.95. The van der Waals surface area contributed by atoms with Gasteiger partial charge in [0.1, 0.15) is 5.75 Å². The molecule has 0 aliphatic carbocycles. The number of benzene rings is 2. The first-order chi connectivity index (χ1) is 14.8. The number of guanidine groups is 1. The minimum atomic E-state index is 0.314. The van der Waals surface area contributed by atoms with Gasteiger partial charge in [0.15, 0.2) is 17.5 Å². The topological polar surface area (TPSA) is 67.4 Å². The van der Waals surface area contributed by atoms with Crippen LogP contribution in [0.2, 0.25) is 0 Å². The van der Waals surface area contributed by atoms with Crippen molar-refractivity contribution in [2.75, 3.05) is 45.4 Å². The van der Waals surface area contributed by atoms with Crippen LogP contribution in [0.1, 0.15) is 18.4 Å². The molecule has 1 saturated heterocycles. The smallest absolute Gasteiger partial charge is 0.191 e. The minimum absolute atomic E-state index is 0.314. The fourth-order valence-electron chi connectivity index (χ4n) is 3.95. The Morgan fingerprint density at radius 1 is 1.17 bits per heavy atom. The average molecular weight is 411 g/mol. The van der Waals surface area contributed by atoms with Crippen molar-refractivity contribution >= 4 is 11.6 Å². The SMILES string of the molecule is CN=C(NCc1cccc2c1OCCCO2)NC1CCN(c2ccccc2OC)C1. The maximum atomic E-state index is 5.92. The third-order valence-electron chi connectivity index (χ3n) is 5.48. The van der Waals surface area contributed by atoms with Crippen molar-refractivity contribution in [3.05, 3.63) is 48.0 Å². The maximum Gasteiger partial charge on any atom is 0.191 e. The van der Waals surface area contributed by atoms with E-state index < -0.39 is 0 Å². The molecule has 0 spiro atoms. The molecular formula is C23H30N4O3. The van der Waals surface area contributed by atoms with Crippen molar-refractivity contribution in [3.63, 3.8) is 0 Å². The van der Waals surface area contributed by atoms with Gasteiger partial charge in [0, 0.05) is 44.7 Å². The number of hydrogen-bond acceptors (Lipinski definition) is 5. The summed E-state index contributed by atoms with van der Waals surface area (Å²) in [5.41, 5.74) is 2.20. The predicted octanol–water partition coefficient (Wildman–Crippen LogP) is 2.80. The third-order valence-corrected chi connectivity index (χ3v) is 5.48. The Morgan fingerprint density at radius 3 is 2.90 bits per heavy atom. The molecule has 0 amide bonds. The first kappa shape index (κ1) is 20.2. The van der Waals surface area contributed by atoms with E-state index in [4.69, 9.17) is 14.2 Å². The number of fused-ring (bicyclic) bond motifs is 1. The highest BCUT2D eigenvalue weighted by atomic mass is 16.5. The van der Waals surface area contributed by atoms with Crippen LogP contribution in [0.25, 0.3) is 0 Å². The quantitative estimate of drug-likeness (QED) is 0.584. The van der Waals surface area contributed by atoms with Crippen molar-refractivity contribution in [1.82, 2.24) is 10.6 Å². The van der Waals surface area contributed by atoms with Gasteiger partial charge in [-0.2, -0.15) is 0 Å². The van der Waals surface area contributed by atoms with Crippen LogP contribution in [0, 0.1) is 0 Å². The zero-order valence-corrected chi connectivity index (χ0v) is 17.7. The molecule has 1 atom stereocenters. The van der Waals surface area contributed by atoms with Gasteiger partial charge in [-0.1, -0.05) is 24.3 Å². The van der Waals surface area contributed by atoms with E-state index in [-0.39, 0.29) is 0 Å². The summed E-state index contributed by atoms with van der Waals surface area (Å²) in [5.74, 6) is 3.35. The van der Waals surface area contributed by atoms with E-state index in [1.807, 2.05) is 30.3 Å². The molecule has 0 radical (unpaired) electrons. The van der Waals surface area contributed by atoms with E-state index in [1.54, 1.807) is 14.2 Å². The lowest BCUT2D eigenvalue weighted by atomic mass is 10.2. The van der Waals surface area contributed by atoms with Crippen molar-refractivity contribution in [3.8, 4) is 17.2 Å². The van der Waals surface area contributed by atoms with Gasteiger partial charge in [-0.3, -0.25) is 4.99 Å². The molecule has 2 heterocycles. The van der Waals surface area contributed by atoms with Gasteiger partial charge in [-0.15, -0.1) is 0 Å². The van der Waals surface area contributed by atoms with E-state index in [0.717, 1.165) is 60.4 Å². The molecule has 0 bridgehead atoms. The van der Waals surface area contributed by atoms with Crippen LogP contribution in [-0.4, -0.2) is 52.5 Å². The second kappa shape index (κ2) is 9.61. The van der Waals surface area contributed by atoms with Gasteiger partial charge >= 0.3 is 0 Å². The number of methoxy groups -OCH3 is 1. The normalized spacial score (nSPS) is 18.7. The number of nitrogens with zero attached hydrogens (tertiary/aromatic N) is 2. The molecular weight excluding hydrogens is 380 g/mol. The summed E-state index contributed by atoms with van der Waals surface area (Å²) < 4.78 is 17.2. The zero-order valence-electron chi connectivity index (χ0n) is 17.7. The number of para-hydroxylation sites is 3. The molecule has 30 heavy (non-hydrogen) atoms. The summed E-state index contributed by atoms with van der Waals surface area (Å²) in [6.45, 7) is 3.87. The van der Waals surface area contributed by atoms with Crippen LogP contribution in [0.3, 0.4) is 0 Å². The Labute approximate surface area is 178 Å². The molecule has 2 aliphatic heterocycles. The largest absolute Gasteiger partial charge is 0.495 e. The number of ether oxygens (including phenoxy) is 3. The Balaban J connectivity index is 1.35. The summed E-state index contributed by atoms with van der Waals surface area (Å²) in [5, 5.41) is 6.97. The molecule has 4 rings (SSSR count). The standard InChI is InChI=1S/C23H30N4O3/c1-24-23(25-15-17-7-5-10-21-22(17)30-14-6-13-29-21)26-18-11-12-27(16-18)19-8-3-4-9-20(19)28-2/h3-5,7-10,18H,6,11-16H2,1-2H3,(H2,24,25,26). The highest BCUT2D eigenvalue weighted by Gasteiger charge is 2.25. The molecule has 2 N–H and O–H groups in total. The lowest BCUT2D eigenvalue weighted by Gasteiger charge is -2.22. The molecule has 7 heteroatoms. The summed E-state index contributed by atoms with van der Waals surface area (Å²) >= 11 is 0. The Morgan fingerprint density at radius 2 is 2.03 bits per heavy atom. The highest BCUT2D eigenvalue weighted by Crippen LogP contribution is 2.33.